The number of H-pyrrole nitrogens is 1. The molecule has 3 N–H and O–H groups in total. The fraction of sp³-hybridized carbons (Fsp3) is 0.125. The van der Waals surface area contributed by atoms with Crippen LogP contribution < -0.4 is 0 Å². The van der Waals surface area contributed by atoms with Crippen molar-refractivity contribution >= 4 is 11.0 Å². The van der Waals surface area contributed by atoms with E-state index in [1.807, 2.05) is 0 Å². The van der Waals surface area contributed by atoms with Crippen LogP contribution in [0.3, 0.4) is 0 Å². The van der Waals surface area contributed by atoms with E-state index in [2.05, 4.69) is 9.97 Å². The van der Waals surface area contributed by atoms with Gasteiger partial charge in [0.05, 0.1) is 11.0 Å². The number of hydrogen-bond donors (Lipinski definition) is 3. The predicted octanol–water partition coefficient (Wildman–Crippen LogP) is 2.60. The number of imidazole rings is 1. The topological polar surface area (TPSA) is 69.1 Å². The van der Waals surface area contributed by atoms with E-state index in [4.69, 9.17) is 10.5 Å². The minimum absolute atomic E-state index is 0.329. The molecule has 2 rings (SSSR count). The largest absolute Gasteiger partial charge is 0.449 e. The van der Waals surface area contributed by atoms with Crippen LogP contribution in [0, 0.1) is 0 Å². The number of nitrogens with zero attached hydrogens (tertiary/aromatic N) is 1. The molecule has 1 heterocycles. The highest BCUT2D eigenvalue weighted by molar-refractivity contribution is 5.74. The van der Waals surface area contributed by atoms with E-state index < -0.39 is 12.0 Å². The van der Waals surface area contributed by atoms with Crippen LogP contribution in [-0.4, -0.2) is 20.5 Å². The second-order valence-corrected chi connectivity index (χ2v) is 2.60. The summed E-state index contributed by atoms with van der Waals surface area (Å²) in [7, 11) is 0. The van der Waals surface area contributed by atoms with Gasteiger partial charge in [-0.15, -0.1) is 0 Å². The van der Waals surface area contributed by atoms with Crippen LogP contribution >= 0.6 is 0 Å². The van der Waals surface area contributed by atoms with Gasteiger partial charge in [-0.1, -0.05) is 12.1 Å². The number of aromatic nitrogens is 2. The average Bonchev–Trinajstić information content (AvgIpc) is 2.63. The Morgan fingerprint density at radius 3 is 2.27 bits per heavy atom. The van der Waals surface area contributed by atoms with Crippen LogP contribution in [0.5, 0.6) is 0 Å². The molecule has 1 aromatic heterocycles. The third-order valence-corrected chi connectivity index (χ3v) is 1.66. The fourth-order valence-corrected chi connectivity index (χ4v) is 1.09. The molecule has 0 atom stereocenters. The molecule has 0 fully saturated rings. The van der Waals surface area contributed by atoms with Gasteiger partial charge in [-0.05, 0) is 12.1 Å². The van der Waals surface area contributed by atoms with Gasteiger partial charge in [-0.25, -0.2) is 4.98 Å². The fourth-order valence-electron chi connectivity index (χ4n) is 1.09. The molecule has 82 valence electrons. The van der Waals surface area contributed by atoms with Crippen molar-refractivity contribution in [3.8, 4) is 0 Å². The van der Waals surface area contributed by atoms with E-state index in [9.17, 15) is 13.2 Å². The van der Waals surface area contributed by atoms with Crippen molar-refractivity contribution in [2.75, 3.05) is 0 Å². The summed E-state index contributed by atoms with van der Waals surface area (Å²) in [6.45, 7) is 0. The molecule has 4 nitrogen and oxygen atoms in total. The number of benzene rings is 1. The molecular formula is C8H7F3N2O2. The van der Waals surface area contributed by atoms with Crippen LogP contribution in [0.15, 0.2) is 24.3 Å². The third-order valence-electron chi connectivity index (χ3n) is 1.66. The molecule has 15 heavy (non-hydrogen) atoms. The molecular weight excluding hydrogens is 213 g/mol. The molecule has 0 aliphatic heterocycles. The van der Waals surface area contributed by atoms with Gasteiger partial charge in [0.1, 0.15) is 0 Å². The summed E-state index contributed by atoms with van der Waals surface area (Å²) >= 11 is 0. The summed E-state index contributed by atoms with van der Waals surface area (Å²) < 4.78 is 36.4. The lowest BCUT2D eigenvalue weighted by Gasteiger charge is -1.98. The van der Waals surface area contributed by atoms with Crippen LogP contribution in [0.25, 0.3) is 11.0 Å². The van der Waals surface area contributed by atoms with Crippen molar-refractivity contribution in [2.24, 2.45) is 0 Å². The van der Waals surface area contributed by atoms with Crippen molar-refractivity contribution in [3.05, 3.63) is 30.1 Å². The highest BCUT2D eigenvalue weighted by Crippen LogP contribution is 2.28. The summed E-state index contributed by atoms with van der Waals surface area (Å²) in [6, 6.07) is 6.38. The molecule has 0 unspecified atom stereocenters. The van der Waals surface area contributed by atoms with Gasteiger partial charge in [-0.2, -0.15) is 13.2 Å². The van der Waals surface area contributed by atoms with Gasteiger partial charge < -0.3 is 4.98 Å². The van der Waals surface area contributed by atoms with Crippen LogP contribution in [-0.2, 0) is 6.18 Å². The van der Waals surface area contributed by atoms with E-state index in [0.717, 1.165) is 0 Å². The van der Waals surface area contributed by atoms with E-state index in [1.165, 1.54) is 6.07 Å². The minimum Gasteiger partial charge on any atom is -0.334 e. The summed E-state index contributed by atoms with van der Waals surface area (Å²) in [5, 5.41) is 12.0. The third kappa shape index (κ3) is 2.45. The Morgan fingerprint density at radius 2 is 1.73 bits per heavy atom. The van der Waals surface area contributed by atoms with Crippen LogP contribution in [0.4, 0.5) is 13.2 Å². The maximum Gasteiger partial charge on any atom is 0.449 e. The molecule has 2 aromatic rings. The van der Waals surface area contributed by atoms with Gasteiger partial charge in [0.25, 0.3) is 0 Å². The van der Waals surface area contributed by atoms with E-state index in [-0.39, 0.29) is 0 Å². The monoisotopic (exact) mass is 220 g/mol. The first-order valence-corrected chi connectivity index (χ1v) is 3.79. The van der Waals surface area contributed by atoms with Crippen LogP contribution in [0.1, 0.15) is 5.82 Å². The number of alkyl halides is 3. The first-order chi connectivity index (χ1) is 7.07. The molecule has 0 saturated carbocycles. The van der Waals surface area contributed by atoms with Crippen molar-refractivity contribution in [1.29, 1.82) is 0 Å². The standard InChI is InChI=1S/C8H5F3N2.H2O2/c9-8(10,11)7-12-5-3-1-2-4-6(5)13-7;1-2/h1-4H,(H,12,13);1-2H. The number of para-hydroxylation sites is 2. The number of halogens is 3. The number of hydrogen-bond acceptors (Lipinski definition) is 3. The van der Waals surface area contributed by atoms with Gasteiger partial charge in [-0.3, -0.25) is 10.5 Å². The Morgan fingerprint density at radius 1 is 1.13 bits per heavy atom. The second-order valence-electron chi connectivity index (χ2n) is 2.60. The van der Waals surface area contributed by atoms with Crippen molar-refractivity contribution in [1.82, 2.24) is 9.97 Å². The molecule has 0 saturated heterocycles. The van der Waals surface area contributed by atoms with E-state index in [0.29, 0.717) is 11.0 Å². The van der Waals surface area contributed by atoms with Gasteiger partial charge in [0.2, 0.25) is 5.82 Å². The zero-order chi connectivity index (χ0) is 11.5. The second kappa shape index (κ2) is 4.28. The Kier molecular flexibility index (Phi) is 3.28. The molecule has 0 amide bonds. The summed E-state index contributed by atoms with van der Waals surface area (Å²) in [5.41, 5.74) is 0.727. The lowest BCUT2D eigenvalue weighted by atomic mass is 10.3. The molecule has 0 aliphatic rings. The lowest BCUT2D eigenvalue weighted by Crippen LogP contribution is -2.06. The van der Waals surface area contributed by atoms with E-state index in [1.54, 1.807) is 18.2 Å². The van der Waals surface area contributed by atoms with E-state index >= 15 is 0 Å². The van der Waals surface area contributed by atoms with Crippen molar-refractivity contribution in [3.63, 3.8) is 0 Å². The number of nitrogens with one attached hydrogen (secondary N) is 1. The van der Waals surface area contributed by atoms with Crippen molar-refractivity contribution < 1.29 is 23.7 Å². The lowest BCUT2D eigenvalue weighted by molar-refractivity contribution is -0.176. The normalized spacial score (nSPS) is 11.0. The molecule has 7 heteroatoms. The Balaban J connectivity index is 0.000000531. The minimum atomic E-state index is -4.40. The maximum absolute atomic E-state index is 12.1. The quantitative estimate of drug-likeness (QED) is 0.472. The maximum atomic E-state index is 12.1. The Labute approximate surface area is 81.9 Å². The summed E-state index contributed by atoms with van der Waals surface area (Å²) in [6.07, 6.45) is -4.40. The van der Waals surface area contributed by atoms with Crippen molar-refractivity contribution in [2.45, 2.75) is 6.18 Å². The average molecular weight is 220 g/mol. The smallest absolute Gasteiger partial charge is 0.334 e. The van der Waals surface area contributed by atoms with Gasteiger partial charge >= 0.3 is 6.18 Å². The number of aromatic amines is 1. The molecule has 1 aromatic carbocycles. The highest BCUT2D eigenvalue weighted by atomic mass is 19.4. The predicted molar refractivity (Wildman–Crippen MR) is 46.4 cm³/mol. The number of rotatable bonds is 0. The first-order valence-electron chi connectivity index (χ1n) is 3.79. The highest BCUT2D eigenvalue weighted by Gasteiger charge is 2.34. The molecule has 0 spiro atoms. The Hall–Kier alpha value is -1.60. The molecule has 0 aliphatic carbocycles. The first kappa shape index (κ1) is 11.5. The molecule has 0 radical (unpaired) electrons. The van der Waals surface area contributed by atoms with Crippen LogP contribution in [0.2, 0.25) is 0 Å². The zero-order valence-electron chi connectivity index (χ0n) is 7.28. The molecule has 0 bridgehead atoms. The zero-order valence-corrected chi connectivity index (χ0v) is 7.28. The van der Waals surface area contributed by atoms with Gasteiger partial charge in [0.15, 0.2) is 0 Å². The summed E-state index contributed by atoms with van der Waals surface area (Å²) in [4.78, 5) is 5.60. The number of fused-ring (bicyclic) bond motifs is 1. The summed E-state index contributed by atoms with van der Waals surface area (Å²) in [5.74, 6) is -0.950. The van der Waals surface area contributed by atoms with Gasteiger partial charge in [0, 0.05) is 0 Å². The Bertz CT molecular complexity index is 406. The SMILES string of the molecule is FC(F)(F)c1nc2ccccc2[nH]1.OO.